The van der Waals surface area contributed by atoms with Gasteiger partial charge in [-0.1, -0.05) is 32.9 Å². The Hall–Kier alpha value is -1.49. The Kier molecular flexibility index (Phi) is 4.06. The molecule has 0 aromatic heterocycles. The lowest BCUT2D eigenvalue weighted by atomic mass is 9.86. The van der Waals surface area contributed by atoms with Gasteiger partial charge in [0.1, 0.15) is 0 Å². The number of nitrogens with zero attached hydrogens (tertiary/aromatic N) is 1. The van der Waals surface area contributed by atoms with E-state index < -0.39 is 0 Å². The van der Waals surface area contributed by atoms with Crippen LogP contribution in [0.4, 0.5) is 5.69 Å². The highest BCUT2D eigenvalue weighted by molar-refractivity contribution is 5.53. The minimum Gasteiger partial charge on any atom is -0.383 e. The maximum absolute atomic E-state index is 9.00. The van der Waals surface area contributed by atoms with E-state index in [0.717, 1.165) is 5.69 Å². The molecular weight excluding hydrogens is 220 g/mol. The summed E-state index contributed by atoms with van der Waals surface area (Å²) in [5, 5.41) is 12.4. The smallest absolute Gasteiger partial charge is 0.0702 e. The molecule has 1 rings (SSSR count). The van der Waals surface area contributed by atoms with Crippen LogP contribution < -0.4 is 5.32 Å². The number of hydrogen-bond donors (Lipinski definition) is 1. The summed E-state index contributed by atoms with van der Waals surface area (Å²) in [6.45, 7) is 13.3. The first-order valence-corrected chi connectivity index (χ1v) is 6.42. The highest BCUT2D eigenvalue weighted by atomic mass is 14.9. The second-order valence-electron chi connectivity index (χ2n) is 6.63. The van der Waals surface area contributed by atoms with Gasteiger partial charge in [0, 0.05) is 12.2 Å². The molecule has 2 nitrogen and oxygen atoms in total. The van der Waals surface area contributed by atoms with E-state index in [9.17, 15) is 0 Å². The first-order valence-electron chi connectivity index (χ1n) is 6.42. The SMILES string of the molecule is Cc1cc(C(C)(C)C)ccc1NCC(C)(C)C#N. The van der Waals surface area contributed by atoms with Crippen molar-refractivity contribution >= 4 is 5.69 Å². The molecule has 0 radical (unpaired) electrons. The molecule has 0 amide bonds. The van der Waals surface area contributed by atoms with Crippen molar-refractivity contribution in [2.24, 2.45) is 5.41 Å². The molecule has 0 saturated carbocycles. The van der Waals surface area contributed by atoms with E-state index in [2.05, 4.69) is 57.3 Å². The Labute approximate surface area is 111 Å². The summed E-state index contributed by atoms with van der Waals surface area (Å²) in [5.74, 6) is 0. The second kappa shape index (κ2) is 5.02. The third-order valence-corrected chi connectivity index (χ3v) is 3.12. The predicted octanol–water partition coefficient (Wildman–Crippen LogP) is 4.25. The Balaban J connectivity index is 2.85. The topological polar surface area (TPSA) is 35.8 Å². The maximum atomic E-state index is 9.00. The van der Waals surface area contributed by atoms with Gasteiger partial charge in [0.2, 0.25) is 0 Å². The first-order chi connectivity index (χ1) is 8.15. The van der Waals surface area contributed by atoms with E-state index in [-0.39, 0.29) is 10.8 Å². The van der Waals surface area contributed by atoms with Crippen LogP contribution in [0.3, 0.4) is 0 Å². The van der Waals surface area contributed by atoms with Gasteiger partial charge < -0.3 is 5.32 Å². The quantitative estimate of drug-likeness (QED) is 0.862. The Morgan fingerprint density at radius 2 is 1.78 bits per heavy atom. The Bertz CT molecular complexity index is 459. The lowest BCUT2D eigenvalue weighted by molar-refractivity contribution is 0.528. The average Bonchev–Trinajstić information content (AvgIpc) is 2.26. The summed E-state index contributed by atoms with van der Waals surface area (Å²) in [7, 11) is 0. The van der Waals surface area contributed by atoms with Crippen LogP contribution in [0.1, 0.15) is 45.7 Å². The molecule has 0 atom stereocenters. The lowest BCUT2D eigenvalue weighted by Crippen LogP contribution is -2.21. The normalized spacial score (nSPS) is 12.1. The largest absolute Gasteiger partial charge is 0.383 e. The molecule has 18 heavy (non-hydrogen) atoms. The predicted molar refractivity (Wildman–Crippen MR) is 77.8 cm³/mol. The van der Waals surface area contributed by atoms with Crippen LogP contribution in [-0.4, -0.2) is 6.54 Å². The van der Waals surface area contributed by atoms with Gasteiger partial charge in [-0.05, 0) is 43.4 Å². The number of anilines is 1. The molecule has 1 N–H and O–H groups in total. The highest BCUT2D eigenvalue weighted by Gasteiger charge is 2.17. The van der Waals surface area contributed by atoms with Gasteiger partial charge >= 0.3 is 0 Å². The number of benzene rings is 1. The van der Waals surface area contributed by atoms with Crippen molar-refractivity contribution in [1.29, 1.82) is 5.26 Å². The number of nitriles is 1. The molecule has 0 aliphatic carbocycles. The summed E-state index contributed by atoms with van der Waals surface area (Å²) in [6, 6.07) is 8.80. The van der Waals surface area contributed by atoms with Gasteiger partial charge in [0.25, 0.3) is 0 Å². The van der Waals surface area contributed by atoms with Gasteiger partial charge in [-0.25, -0.2) is 0 Å². The number of aryl methyl sites for hydroxylation is 1. The first kappa shape index (κ1) is 14.6. The van der Waals surface area contributed by atoms with Crippen LogP contribution >= 0.6 is 0 Å². The van der Waals surface area contributed by atoms with Gasteiger partial charge in [-0.3, -0.25) is 0 Å². The number of hydrogen-bond acceptors (Lipinski definition) is 2. The molecule has 2 heteroatoms. The fraction of sp³-hybridized carbons (Fsp3) is 0.562. The molecule has 1 aromatic carbocycles. The summed E-state index contributed by atoms with van der Waals surface area (Å²) < 4.78 is 0. The standard InChI is InChI=1S/C16H24N2/c1-12-9-13(15(2,3)4)7-8-14(12)18-11-16(5,6)10-17/h7-9,18H,11H2,1-6H3. The zero-order chi connectivity index (χ0) is 14.0. The molecule has 0 heterocycles. The van der Waals surface area contributed by atoms with Crippen LogP contribution in [-0.2, 0) is 5.41 Å². The zero-order valence-electron chi connectivity index (χ0n) is 12.4. The van der Waals surface area contributed by atoms with Crippen LogP contribution in [0.2, 0.25) is 0 Å². The van der Waals surface area contributed by atoms with Crippen LogP contribution in [0.25, 0.3) is 0 Å². The summed E-state index contributed by atoms with van der Waals surface area (Å²) >= 11 is 0. The fourth-order valence-electron chi connectivity index (χ4n) is 1.68. The van der Waals surface area contributed by atoms with Gasteiger partial charge in [-0.15, -0.1) is 0 Å². The molecule has 0 spiro atoms. The molecular formula is C16H24N2. The van der Waals surface area contributed by atoms with Gasteiger partial charge in [-0.2, -0.15) is 5.26 Å². The van der Waals surface area contributed by atoms with Crippen molar-refractivity contribution in [2.45, 2.75) is 47.0 Å². The molecule has 0 fully saturated rings. The number of nitrogens with one attached hydrogen (secondary N) is 1. The molecule has 1 aromatic rings. The molecule has 0 aliphatic rings. The molecule has 0 saturated heterocycles. The van der Waals surface area contributed by atoms with Crippen molar-refractivity contribution in [3.05, 3.63) is 29.3 Å². The Morgan fingerprint density at radius 1 is 1.17 bits per heavy atom. The van der Waals surface area contributed by atoms with Crippen LogP contribution in [0.15, 0.2) is 18.2 Å². The minimum absolute atomic E-state index is 0.176. The Morgan fingerprint density at radius 3 is 2.22 bits per heavy atom. The average molecular weight is 244 g/mol. The van der Waals surface area contributed by atoms with E-state index >= 15 is 0 Å². The minimum atomic E-state index is -0.338. The van der Waals surface area contributed by atoms with Crippen LogP contribution in [0.5, 0.6) is 0 Å². The lowest BCUT2D eigenvalue weighted by Gasteiger charge is -2.22. The summed E-state index contributed by atoms with van der Waals surface area (Å²) in [6.07, 6.45) is 0. The van der Waals surface area contributed by atoms with E-state index in [1.165, 1.54) is 11.1 Å². The van der Waals surface area contributed by atoms with E-state index in [4.69, 9.17) is 5.26 Å². The van der Waals surface area contributed by atoms with Crippen molar-refractivity contribution in [2.75, 3.05) is 11.9 Å². The highest BCUT2D eigenvalue weighted by Crippen LogP contribution is 2.27. The third kappa shape index (κ3) is 3.77. The van der Waals surface area contributed by atoms with Crippen molar-refractivity contribution in [3.63, 3.8) is 0 Å². The van der Waals surface area contributed by atoms with Gasteiger partial charge in [0.15, 0.2) is 0 Å². The van der Waals surface area contributed by atoms with E-state index in [0.29, 0.717) is 6.54 Å². The van der Waals surface area contributed by atoms with Crippen molar-refractivity contribution in [3.8, 4) is 6.07 Å². The van der Waals surface area contributed by atoms with Crippen molar-refractivity contribution in [1.82, 2.24) is 0 Å². The molecule has 0 aliphatic heterocycles. The van der Waals surface area contributed by atoms with E-state index in [1.807, 2.05) is 13.8 Å². The summed E-state index contributed by atoms with van der Waals surface area (Å²) in [4.78, 5) is 0. The van der Waals surface area contributed by atoms with E-state index in [1.54, 1.807) is 0 Å². The monoisotopic (exact) mass is 244 g/mol. The molecule has 0 bridgehead atoms. The third-order valence-electron chi connectivity index (χ3n) is 3.12. The fourth-order valence-corrected chi connectivity index (χ4v) is 1.68. The zero-order valence-corrected chi connectivity index (χ0v) is 12.4. The number of rotatable bonds is 3. The second-order valence-corrected chi connectivity index (χ2v) is 6.63. The molecule has 98 valence electrons. The van der Waals surface area contributed by atoms with Crippen molar-refractivity contribution < 1.29 is 0 Å². The van der Waals surface area contributed by atoms with Crippen LogP contribution in [0, 0.1) is 23.7 Å². The van der Waals surface area contributed by atoms with Gasteiger partial charge in [0.05, 0.1) is 11.5 Å². The molecule has 0 unspecified atom stereocenters. The maximum Gasteiger partial charge on any atom is 0.0702 e. The summed E-state index contributed by atoms with van der Waals surface area (Å²) in [5.41, 5.74) is 3.53.